The van der Waals surface area contributed by atoms with E-state index in [1.165, 1.54) is 5.56 Å². The number of methoxy groups -OCH3 is 1. The number of morpholine rings is 1. The van der Waals surface area contributed by atoms with Crippen molar-refractivity contribution >= 4 is 17.6 Å². The number of benzene rings is 2. The van der Waals surface area contributed by atoms with Crippen LogP contribution in [0.3, 0.4) is 0 Å². The van der Waals surface area contributed by atoms with E-state index < -0.39 is 0 Å². The molecule has 156 valence electrons. The molecule has 1 atom stereocenters. The molecule has 2 N–H and O–H groups in total. The van der Waals surface area contributed by atoms with E-state index in [1.54, 1.807) is 14.2 Å². The van der Waals surface area contributed by atoms with Crippen LogP contribution in [0.4, 0.5) is 0 Å². The number of ether oxygens (including phenoxy) is 2. The van der Waals surface area contributed by atoms with E-state index in [-0.39, 0.29) is 6.04 Å². The van der Waals surface area contributed by atoms with Crippen LogP contribution in [0.25, 0.3) is 0 Å². The van der Waals surface area contributed by atoms with Gasteiger partial charge in [0, 0.05) is 38.2 Å². The number of guanidine groups is 1. The lowest BCUT2D eigenvalue weighted by Crippen LogP contribution is -2.46. The summed E-state index contributed by atoms with van der Waals surface area (Å²) in [5, 5.41) is 7.56. The van der Waals surface area contributed by atoms with E-state index in [4.69, 9.17) is 21.1 Å². The minimum atomic E-state index is 0.217. The summed E-state index contributed by atoms with van der Waals surface area (Å²) in [4.78, 5) is 6.81. The molecule has 1 fully saturated rings. The Balaban J connectivity index is 1.64. The zero-order valence-electron chi connectivity index (χ0n) is 17.0. The average Bonchev–Trinajstić information content (AvgIpc) is 2.77. The Morgan fingerprint density at radius 1 is 1.17 bits per heavy atom. The van der Waals surface area contributed by atoms with Crippen molar-refractivity contribution in [3.63, 3.8) is 0 Å². The standard InChI is InChI=1S/C22H29ClN4O2/c1-24-22(25-15-17-4-3-5-19(23)14-17)26-16-21(27-10-12-29-13-11-27)18-6-8-20(28-2)9-7-18/h3-9,14,21H,10-13,15-16H2,1-2H3,(H2,24,25,26). The van der Waals surface area contributed by atoms with E-state index >= 15 is 0 Å². The molecule has 6 nitrogen and oxygen atoms in total. The zero-order valence-corrected chi connectivity index (χ0v) is 17.8. The van der Waals surface area contributed by atoms with E-state index in [1.807, 2.05) is 36.4 Å². The van der Waals surface area contributed by atoms with Crippen LogP contribution in [0.2, 0.25) is 5.02 Å². The highest BCUT2D eigenvalue weighted by atomic mass is 35.5. The Hall–Kier alpha value is -2.28. The molecule has 0 saturated carbocycles. The summed E-state index contributed by atoms with van der Waals surface area (Å²) in [6.07, 6.45) is 0. The maximum absolute atomic E-state index is 6.07. The Bertz CT molecular complexity index is 792. The molecule has 3 rings (SSSR count). The quantitative estimate of drug-likeness (QED) is 0.536. The Labute approximate surface area is 177 Å². The molecule has 1 heterocycles. The average molecular weight is 417 g/mol. The van der Waals surface area contributed by atoms with Crippen LogP contribution in [0.1, 0.15) is 17.2 Å². The predicted molar refractivity (Wildman–Crippen MR) is 118 cm³/mol. The molecule has 0 amide bonds. The van der Waals surface area contributed by atoms with Gasteiger partial charge >= 0.3 is 0 Å². The van der Waals surface area contributed by atoms with Crippen LogP contribution in [0.5, 0.6) is 5.75 Å². The molecule has 1 aliphatic heterocycles. The lowest BCUT2D eigenvalue weighted by Gasteiger charge is -2.35. The molecule has 2 aromatic carbocycles. The van der Waals surface area contributed by atoms with E-state index in [9.17, 15) is 0 Å². The first kappa shape index (κ1) is 21.4. The third-order valence-electron chi connectivity index (χ3n) is 5.02. The monoisotopic (exact) mass is 416 g/mol. The fraction of sp³-hybridized carbons (Fsp3) is 0.409. The van der Waals surface area contributed by atoms with Crippen LogP contribution < -0.4 is 15.4 Å². The van der Waals surface area contributed by atoms with E-state index in [0.29, 0.717) is 6.54 Å². The highest BCUT2D eigenvalue weighted by Gasteiger charge is 2.23. The molecular formula is C22H29ClN4O2. The molecule has 0 aliphatic carbocycles. The van der Waals surface area contributed by atoms with Crippen LogP contribution in [0, 0.1) is 0 Å². The van der Waals surface area contributed by atoms with Crippen molar-refractivity contribution in [3.05, 3.63) is 64.7 Å². The van der Waals surface area contributed by atoms with Crippen LogP contribution >= 0.6 is 11.6 Å². The maximum Gasteiger partial charge on any atom is 0.191 e. The molecule has 2 aromatic rings. The van der Waals surface area contributed by atoms with Crippen LogP contribution in [-0.4, -0.2) is 57.9 Å². The highest BCUT2D eigenvalue weighted by Crippen LogP contribution is 2.23. The molecule has 1 saturated heterocycles. The second-order valence-corrected chi connectivity index (χ2v) is 7.31. The summed E-state index contributed by atoms with van der Waals surface area (Å²) in [6.45, 7) is 4.73. The largest absolute Gasteiger partial charge is 0.497 e. The van der Waals surface area contributed by atoms with Crippen molar-refractivity contribution in [1.29, 1.82) is 0 Å². The van der Waals surface area contributed by atoms with Crippen molar-refractivity contribution < 1.29 is 9.47 Å². The Morgan fingerprint density at radius 2 is 1.93 bits per heavy atom. The number of hydrogen-bond acceptors (Lipinski definition) is 4. The summed E-state index contributed by atoms with van der Waals surface area (Å²) in [5.41, 5.74) is 2.35. The minimum absolute atomic E-state index is 0.217. The number of nitrogens with zero attached hydrogens (tertiary/aromatic N) is 2. The van der Waals surface area contributed by atoms with Gasteiger partial charge in [0.05, 0.1) is 26.4 Å². The first-order valence-corrected chi connectivity index (χ1v) is 10.2. The molecule has 1 unspecified atom stereocenters. The van der Waals surface area contributed by atoms with Gasteiger partial charge in [0.15, 0.2) is 5.96 Å². The molecular weight excluding hydrogens is 388 g/mol. The molecule has 0 radical (unpaired) electrons. The molecule has 1 aliphatic rings. The second-order valence-electron chi connectivity index (χ2n) is 6.87. The maximum atomic E-state index is 6.07. The van der Waals surface area contributed by atoms with Gasteiger partial charge in [-0.15, -0.1) is 0 Å². The van der Waals surface area contributed by atoms with Crippen molar-refractivity contribution in [2.24, 2.45) is 4.99 Å². The summed E-state index contributed by atoms with van der Waals surface area (Å²) in [5.74, 6) is 1.62. The fourth-order valence-corrected chi connectivity index (χ4v) is 3.63. The number of rotatable bonds is 7. The molecule has 7 heteroatoms. The normalized spacial score (nSPS) is 16.3. The highest BCUT2D eigenvalue weighted by molar-refractivity contribution is 6.30. The predicted octanol–water partition coefficient (Wildman–Crippen LogP) is 3.09. The minimum Gasteiger partial charge on any atom is -0.497 e. The van der Waals surface area contributed by atoms with Gasteiger partial charge in [-0.1, -0.05) is 35.9 Å². The second kappa shape index (κ2) is 11.0. The topological polar surface area (TPSA) is 58.1 Å². The molecule has 29 heavy (non-hydrogen) atoms. The lowest BCUT2D eigenvalue weighted by atomic mass is 10.0. The zero-order chi connectivity index (χ0) is 20.5. The summed E-state index contributed by atoms with van der Waals surface area (Å²) >= 11 is 6.07. The van der Waals surface area contributed by atoms with Gasteiger partial charge in [-0.3, -0.25) is 9.89 Å². The third kappa shape index (κ3) is 6.35. The number of nitrogens with one attached hydrogen (secondary N) is 2. The van der Waals surface area contributed by atoms with Crippen LogP contribution in [-0.2, 0) is 11.3 Å². The lowest BCUT2D eigenvalue weighted by molar-refractivity contribution is 0.0170. The fourth-order valence-electron chi connectivity index (χ4n) is 3.42. The number of hydrogen-bond donors (Lipinski definition) is 2. The van der Waals surface area contributed by atoms with Crippen molar-refractivity contribution in [1.82, 2.24) is 15.5 Å². The molecule has 0 spiro atoms. The van der Waals surface area contributed by atoms with E-state index in [0.717, 1.165) is 55.1 Å². The number of halogens is 1. The smallest absolute Gasteiger partial charge is 0.191 e. The van der Waals surface area contributed by atoms with Crippen molar-refractivity contribution in [3.8, 4) is 5.75 Å². The van der Waals surface area contributed by atoms with Gasteiger partial charge in [-0.2, -0.15) is 0 Å². The van der Waals surface area contributed by atoms with Gasteiger partial charge < -0.3 is 20.1 Å². The van der Waals surface area contributed by atoms with Gasteiger partial charge in [0.1, 0.15) is 5.75 Å². The first-order chi connectivity index (χ1) is 14.2. The first-order valence-electron chi connectivity index (χ1n) is 9.84. The summed E-state index contributed by atoms with van der Waals surface area (Å²) in [7, 11) is 3.47. The Morgan fingerprint density at radius 3 is 2.59 bits per heavy atom. The summed E-state index contributed by atoms with van der Waals surface area (Å²) in [6, 6.07) is 16.3. The van der Waals surface area contributed by atoms with Crippen molar-refractivity contribution in [2.75, 3.05) is 47.0 Å². The third-order valence-corrected chi connectivity index (χ3v) is 5.26. The number of aliphatic imine (C=N–C) groups is 1. The molecule has 0 bridgehead atoms. The summed E-state index contributed by atoms with van der Waals surface area (Å²) < 4.78 is 10.8. The van der Waals surface area contributed by atoms with Gasteiger partial charge in [0.2, 0.25) is 0 Å². The SMILES string of the molecule is CN=C(NCc1cccc(Cl)c1)NCC(c1ccc(OC)cc1)N1CCOCC1. The van der Waals surface area contributed by atoms with E-state index in [2.05, 4.69) is 32.7 Å². The Kier molecular flexibility index (Phi) is 8.16. The molecule has 0 aromatic heterocycles. The van der Waals surface area contributed by atoms with Gasteiger partial charge in [-0.05, 0) is 35.4 Å². The van der Waals surface area contributed by atoms with Gasteiger partial charge in [-0.25, -0.2) is 0 Å². The van der Waals surface area contributed by atoms with Gasteiger partial charge in [0.25, 0.3) is 0 Å². The van der Waals surface area contributed by atoms with Crippen molar-refractivity contribution in [2.45, 2.75) is 12.6 Å². The van der Waals surface area contributed by atoms with Crippen LogP contribution in [0.15, 0.2) is 53.5 Å².